The summed E-state index contributed by atoms with van der Waals surface area (Å²) in [6.45, 7) is 3.91. The van der Waals surface area contributed by atoms with Crippen molar-refractivity contribution in [2.24, 2.45) is 34.7 Å². The molecule has 1 aromatic carbocycles. The van der Waals surface area contributed by atoms with Gasteiger partial charge in [0.2, 0.25) is 21.8 Å². The van der Waals surface area contributed by atoms with Crippen molar-refractivity contribution in [3.63, 3.8) is 0 Å². The molecule has 1 saturated carbocycles. The van der Waals surface area contributed by atoms with Gasteiger partial charge in [0.25, 0.3) is 0 Å². The normalized spacial score (nSPS) is 28.5. The summed E-state index contributed by atoms with van der Waals surface area (Å²) in [6.07, 6.45) is 5.34. The average Bonchev–Trinajstić information content (AvgIpc) is 3.33. The fourth-order valence-corrected chi connectivity index (χ4v) is 5.69. The van der Waals surface area contributed by atoms with Gasteiger partial charge in [-0.2, -0.15) is 0 Å². The summed E-state index contributed by atoms with van der Waals surface area (Å²) in [4.78, 5) is 40.7. The number of imide groups is 1. The van der Waals surface area contributed by atoms with Crippen LogP contribution in [-0.2, 0) is 30.8 Å². The van der Waals surface area contributed by atoms with E-state index in [4.69, 9.17) is 5.14 Å². The summed E-state index contributed by atoms with van der Waals surface area (Å²) >= 11 is 0. The van der Waals surface area contributed by atoms with Crippen LogP contribution in [0.4, 0.5) is 0 Å². The van der Waals surface area contributed by atoms with Gasteiger partial charge in [-0.3, -0.25) is 19.3 Å². The number of fused-ring (bicyclic) bond motifs is 5. The molecule has 2 bridgehead atoms. The zero-order valence-corrected chi connectivity index (χ0v) is 17.8. The maximum Gasteiger partial charge on any atom is 0.238 e. The van der Waals surface area contributed by atoms with Crippen molar-refractivity contribution in [1.82, 2.24) is 4.90 Å². The predicted molar refractivity (Wildman–Crippen MR) is 109 cm³/mol. The van der Waals surface area contributed by atoms with E-state index >= 15 is 0 Å². The molecule has 1 aromatic rings. The first kappa shape index (κ1) is 20.9. The Labute approximate surface area is 176 Å². The molecular formula is C22H26N2O5S. The Hall–Kier alpha value is -2.32. The number of nitrogens with two attached hydrogens (primary N) is 1. The van der Waals surface area contributed by atoms with Crippen molar-refractivity contribution in [3.05, 3.63) is 42.0 Å². The zero-order chi connectivity index (χ0) is 21.8. The fourth-order valence-electron chi connectivity index (χ4n) is 5.18. The predicted octanol–water partition coefficient (Wildman–Crippen LogP) is 1.67. The van der Waals surface area contributed by atoms with Crippen LogP contribution in [0.5, 0.6) is 0 Å². The van der Waals surface area contributed by atoms with Gasteiger partial charge in [0.15, 0.2) is 5.78 Å². The van der Waals surface area contributed by atoms with Crippen molar-refractivity contribution in [2.75, 3.05) is 0 Å². The third-order valence-electron chi connectivity index (χ3n) is 6.51. The molecule has 2 aliphatic carbocycles. The molecule has 30 heavy (non-hydrogen) atoms. The van der Waals surface area contributed by atoms with Crippen molar-refractivity contribution in [2.45, 2.75) is 44.0 Å². The molecule has 0 aromatic heterocycles. The molecular weight excluding hydrogens is 404 g/mol. The van der Waals surface area contributed by atoms with Gasteiger partial charge in [0.05, 0.1) is 22.8 Å². The highest BCUT2D eigenvalue weighted by molar-refractivity contribution is 7.89. The summed E-state index contributed by atoms with van der Waals surface area (Å²) in [5.41, 5.74) is 0.613. The number of sulfonamides is 1. The maximum atomic E-state index is 13.2. The number of hydrogen-bond acceptors (Lipinski definition) is 5. The van der Waals surface area contributed by atoms with E-state index in [0.29, 0.717) is 12.0 Å². The van der Waals surface area contributed by atoms with Gasteiger partial charge >= 0.3 is 0 Å². The third kappa shape index (κ3) is 3.52. The minimum absolute atomic E-state index is 0.0137. The van der Waals surface area contributed by atoms with E-state index in [-0.39, 0.29) is 58.5 Å². The molecule has 2 fully saturated rings. The van der Waals surface area contributed by atoms with Crippen LogP contribution in [0, 0.1) is 29.6 Å². The number of carbonyl (C=O) groups excluding carboxylic acids is 3. The largest absolute Gasteiger partial charge is 0.297 e. The summed E-state index contributed by atoms with van der Waals surface area (Å²) in [7, 11) is -3.81. The molecule has 0 unspecified atom stereocenters. The first-order valence-electron chi connectivity index (χ1n) is 10.3. The van der Waals surface area contributed by atoms with E-state index in [1.54, 1.807) is 0 Å². The van der Waals surface area contributed by atoms with E-state index in [9.17, 15) is 22.8 Å². The Morgan fingerprint density at radius 2 is 1.60 bits per heavy atom. The van der Waals surface area contributed by atoms with E-state index in [1.165, 1.54) is 29.2 Å². The lowest BCUT2D eigenvalue weighted by atomic mass is 9.85. The van der Waals surface area contributed by atoms with E-state index in [1.807, 2.05) is 26.0 Å². The van der Waals surface area contributed by atoms with Crippen LogP contribution in [0.3, 0.4) is 0 Å². The van der Waals surface area contributed by atoms with E-state index < -0.39 is 16.1 Å². The van der Waals surface area contributed by atoms with Crippen LogP contribution < -0.4 is 5.14 Å². The number of rotatable bonds is 7. The second kappa shape index (κ2) is 7.42. The number of likely N-dealkylation sites (tertiary alicyclic amines) is 1. The van der Waals surface area contributed by atoms with Crippen molar-refractivity contribution in [3.8, 4) is 0 Å². The molecule has 7 nitrogen and oxygen atoms in total. The second-order valence-electron chi connectivity index (χ2n) is 9.02. The molecule has 0 radical (unpaired) electrons. The van der Waals surface area contributed by atoms with E-state index in [2.05, 4.69) is 0 Å². The molecule has 160 valence electrons. The lowest BCUT2D eigenvalue weighted by molar-refractivity contribution is -0.148. The fraction of sp³-hybridized carbons (Fsp3) is 0.500. The number of ketones is 1. The minimum Gasteiger partial charge on any atom is -0.297 e. The summed E-state index contributed by atoms with van der Waals surface area (Å²) in [6, 6.07) is 4.99. The number of hydrogen-bond donors (Lipinski definition) is 1. The van der Waals surface area contributed by atoms with Gasteiger partial charge < -0.3 is 0 Å². The van der Waals surface area contributed by atoms with Crippen LogP contribution in [0.25, 0.3) is 0 Å². The minimum atomic E-state index is -3.81. The second-order valence-corrected chi connectivity index (χ2v) is 10.6. The number of allylic oxidation sites excluding steroid dienone is 2. The number of carbonyl (C=O) groups is 3. The number of benzene rings is 1. The Morgan fingerprint density at radius 3 is 2.07 bits per heavy atom. The van der Waals surface area contributed by atoms with E-state index in [0.717, 1.165) is 6.42 Å². The van der Waals surface area contributed by atoms with Gasteiger partial charge in [0.1, 0.15) is 0 Å². The van der Waals surface area contributed by atoms with Crippen LogP contribution >= 0.6 is 0 Å². The summed E-state index contributed by atoms with van der Waals surface area (Å²) < 4.78 is 22.8. The Balaban J connectivity index is 1.56. The third-order valence-corrected chi connectivity index (χ3v) is 7.44. The van der Waals surface area contributed by atoms with Crippen LogP contribution in [-0.4, -0.2) is 37.0 Å². The quantitative estimate of drug-likeness (QED) is 0.522. The van der Waals surface area contributed by atoms with Gasteiger partial charge in [-0.15, -0.1) is 0 Å². The van der Waals surface area contributed by atoms with Gasteiger partial charge in [0, 0.05) is 6.42 Å². The lowest BCUT2D eigenvalue weighted by Crippen LogP contribution is -2.47. The number of primary sulfonamides is 1. The SMILES string of the molecule is CC(C)C[C@@H](C(=O)Cc1ccc(S(N)(=O)=O)cc1)N1C(=O)[C@@H]2[C@@H](C1=O)[C@H]1C=C[C@H]2C1. The number of Topliss-reactive ketones (excluding diaryl/α,β-unsaturated/α-hetero) is 1. The number of nitrogens with zero attached hydrogens (tertiary/aromatic N) is 1. The molecule has 2 amide bonds. The summed E-state index contributed by atoms with van der Waals surface area (Å²) in [5.74, 6) is -0.985. The van der Waals surface area contributed by atoms with Gasteiger partial charge in [-0.25, -0.2) is 13.6 Å². The first-order valence-corrected chi connectivity index (χ1v) is 11.8. The monoisotopic (exact) mass is 430 g/mol. The molecule has 1 saturated heterocycles. The number of amides is 2. The molecule has 4 rings (SSSR count). The Kier molecular flexibility index (Phi) is 5.18. The van der Waals surface area contributed by atoms with Gasteiger partial charge in [-0.1, -0.05) is 38.1 Å². The van der Waals surface area contributed by atoms with Crippen molar-refractivity contribution < 1.29 is 22.8 Å². The molecule has 1 aliphatic heterocycles. The lowest BCUT2D eigenvalue weighted by Gasteiger charge is -2.28. The maximum absolute atomic E-state index is 13.2. The standard InChI is InChI=1S/C22H26N2O5S/c1-12(2)9-17(18(25)10-13-3-7-16(8-4-13)30(23,28)29)24-21(26)19-14-5-6-15(11-14)20(19)22(24)27/h3-8,12,14-15,17,19-20H,9-11H2,1-2H3,(H2,23,28,29)/t14-,15-,17-,19-,20-/m0/s1. The topological polar surface area (TPSA) is 115 Å². The Morgan fingerprint density at radius 1 is 1.07 bits per heavy atom. The Bertz CT molecular complexity index is 998. The first-order chi connectivity index (χ1) is 14.1. The molecule has 8 heteroatoms. The smallest absolute Gasteiger partial charge is 0.238 e. The van der Waals surface area contributed by atoms with Crippen molar-refractivity contribution >= 4 is 27.6 Å². The molecule has 1 heterocycles. The molecule has 0 spiro atoms. The van der Waals surface area contributed by atoms with Gasteiger partial charge in [-0.05, 0) is 48.3 Å². The summed E-state index contributed by atoms with van der Waals surface area (Å²) in [5, 5.41) is 5.12. The highest BCUT2D eigenvalue weighted by Gasteiger charge is 2.60. The molecule has 5 atom stereocenters. The highest BCUT2D eigenvalue weighted by Crippen LogP contribution is 2.53. The molecule has 3 aliphatic rings. The van der Waals surface area contributed by atoms with Crippen molar-refractivity contribution in [1.29, 1.82) is 0 Å². The highest BCUT2D eigenvalue weighted by atomic mass is 32.2. The molecule has 2 N–H and O–H groups in total. The zero-order valence-electron chi connectivity index (χ0n) is 17.0. The average molecular weight is 431 g/mol. The van der Waals surface area contributed by atoms with Crippen LogP contribution in [0.1, 0.15) is 32.3 Å². The van der Waals surface area contributed by atoms with Crippen LogP contribution in [0.15, 0.2) is 41.3 Å². The van der Waals surface area contributed by atoms with Crippen LogP contribution in [0.2, 0.25) is 0 Å².